The molecule has 6 nitrogen and oxygen atoms in total. The van der Waals surface area contributed by atoms with Gasteiger partial charge in [-0.15, -0.1) is 0 Å². The fourth-order valence-corrected chi connectivity index (χ4v) is 2.10. The van der Waals surface area contributed by atoms with Crippen LogP contribution < -0.4 is 5.56 Å². The number of aromatic nitrogens is 2. The van der Waals surface area contributed by atoms with Gasteiger partial charge in [-0.1, -0.05) is 18.2 Å². The maximum atomic E-state index is 12.4. The number of ether oxygens (including phenoxy) is 1. The van der Waals surface area contributed by atoms with E-state index in [2.05, 4.69) is 11.2 Å². The van der Waals surface area contributed by atoms with Crippen LogP contribution in [0.2, 0.25) is 0 Å². The smallest absolute Gasteiger partial charge is 0.275 e. The van der Waals surface area contributed by atoms with E-state index in [-0.39, 0.29) is 5.56 Å². The second-order valence-corrected chi connectivity index (χ2v) is 4.70. The number of hydrogen-bond acceptors (Lipinski definition) is 5. The number of nitrogens with zero attached hydrogens (tertiary/aromatic N) is 4. The molecule has 0 radical (unpaired) electrons. The lowest BCUT2D eigenvalue weighted by molar-refractivity contribution is 0.125. The molecule has 0 fully saturated rings. The Morgan fingerprint density at radius 3 is 2.95 bits per heavy atom. The van der Waals surface area contributed by atoms with E-state index in [4.69, 9.17) is 10.00 Å². The lowest BCUT2D eigenvalue weighted by Gasteiger charge is -2.21. The first-order valence-corrected chi connectivity index (χ1v) is 6.79. The van der Waals surface area contributed by atoms with Crippen LogP contribution in [-0.2, 0) is 11.4 Å². The molecule has 0 unspecified atom stereocenters. The molecule has 0 atom stereocenters. The van der Waals surface area contributed by atoms with Gasteiger partial charge in [0.25, 0.3) is 5.56 Å². The Labute approximate surface area is 123 Å². The summed E-state index contributed by atoms with van der Waals surface area (Å²) in [6.45, 7) is 2.14. The van der Waals surface area contributed by atoms with Crippen molar-refractivity contribution in [3.8, 4) is 6.07 Å². The Kier molecular flexibility index (Phi) is 5.43. The summed E-state index contributed by atoms with van der Waals surface area (Å²) in [5.74, 6) is 0. The summed E-state index contributed by atoms with van der Waals surface area (Å²) in [5, 5.41) is 14.4. The minimum Gasteiger partial charge on any atom is -0.383 e. The van der Waals surface area contributed by atoms with Gasteiger partial charge < -0.3 is 4.74 Å². The molecule has 0 aliphatic carbocycles. The second kappa shape index (κ2) is 7.53. The minimum absolute atomic E-state index is 0.118. The molecule has 0 aliphatic rings. The van der Waals surface area contributed by atoms with Crippen LogP contribution in [0.5, 0.6) is 0 Å². The molecule has 1 aromatic heterocycles. The van der Waals surface area contributed by atoms with Gasteiger partial charge in [-0.2, -0.15) is 10.4 Å². The molecular weight excluding hydrogens is 268 g/mol. The lowest BCUT2D eigenvalue weighted by Crippen LogP contribution is -2.36. The monoisotopic (exact) mass is 286 g/mol. The van der Waals surface area contributed by atoms with E-state index in [0.717, 1.165) is 5.39 Å². The van der Waals surface area contributed by atoms with Crippen molar-refractivity contribution in [1.29, 1.82) is 5.26 Å². The van der Waals surface area contributed by atoms with Gasteiger partial charge in [0, 0.05) is 32.0 Å². The van der Waals surface area contributed by atoms with Gasteiger partial charge >= 0.3 is 0 Å². The van der Waals surface area contributed by atoms with Crippen molar-refractivity contribution in [2.75, 3.05) is 26.8 Å². The molecule has 1 heterocycles. The van der Waals surface area contributed by atoms with Crippen LogP contribution in [0.15, 0.2) is 35.3 Å². The molecular formula is C15H18N4O2. The zero-order valence-electron chi connectivity index (χ0n) is 12.0. The zero-order valence-corrected chi connectivity index (χ0v) is 12.0. The molecule has 110 valence electrons. The fraction of sp³-hybridized carbons (Fsp3) is 0.400. The van der Waals surface area contributed by atoms with E-state index in [9.17, 15) is 4.79 Å². The number of hydrogen-bond donors (Lipinski definition) is 0. The van der Waals surface area contributed by atoms with Crippen LogP contribution >= 0.6 is 0 Å². The van der Waals surface area contributed by atoms with Crippen molar-refractivity contribution < 1.29 is 4.74 Å². The Balaban J connectivity index is 2.21. The highest BCUT2D eigenvalue weighted by atomic mass is 16.5. The third-order valence-electron chi connectivity index (χ3n) is 3.25. The topological polar surface area (TPSA) is 71.2 Å². The first kappa shape index (κ1) is 15.2. The van der Waals surface area contributed by atoms with E-state index in [1.807, 2.05) is 23.1 Å². The van der Waals surface area contributed by atoms with Crippen molar-refractivity contribution >= 4 is 10.8 Å². The number of methoxy groups -OCH3 is 1. The maximum Gasteiger partial charge on any atom is 0.275 e. The largest absolute Gasteiger partial charge is 0.383 e. The molecule has 2 rings (SSSR count). The predicted molar refractivity (Wildman–Crippen MR) is 79.7 cm³/mol. The molecule has 21 heavy (non-hydrogen) atoms. The molecule has 6 heteroatoms. The van der Waals surface area contributed by atoms with Crippen LogP contribution in [-0.4, -0.2) is 41.5 Å². The highest BCUT2D eigenvalue weighted by molar-refractivity contribution is 5.80. The van der Waals surface area contributed by atoms with E-state index >= 15 is 0 Å². The number of fused-ring (bicyclic) bond motifs is 1. The SMILES string of the molecule is COCCN(CCC#N)Cn1ncc2ccccc2c1=O. The van der Waals surface area contributed by atoms with Gasteiger partial charge in [0.05, 0.1) is 30.9 Å². The standard InChI is InChI=1S/C15H18N4O2/c1-21-10-9-18(8-4-7-16)12-19-15(20)14-6-3-2-5-13(14)11-17-19/h2-3,5-6,11H,4,8-10,12H2,1H3. The van der Waals surface area contributed by atoms with E-state index in [1.165, 1.54) is 4.68 Å². The summed E-state index contributed by atoms with van der Waals surface area (Å²) >= 11 is 0. The molecule has 2 aromatic rings. The van der Waals surface area contributed by atoms with Gasteiger partial charge in [-0.05, 0) is 6.07 Å². The van der Waals surface area contributed by atoms with E-state index in [0.29, 0.717) is 38.2 Å². The van der Waals surface area contributed by atoms with Crippen LogP contribution in [0.4, 0.5) is 0 Å². The minimum atomic E-state index is -0.118. The molecule has 0 N–H and O–H groups in total. The number of rotatable bonds is 7. The summed E-state index contributed by atoms with van der Waals surface area (Å²) < 4.78 is 6.48. The quantitative estimate of drug-likeness (QED) is 0.765. The summed E-state index contributed by atoms with van der Waals surface area (Å²) in [6, 6.07) is 9.50. The van der Waals surface area contributed by atoms with Crippen molar-refractivity contribution in [3.63, 3.8) is 0 Å². The number of nitriles is 1. The molecule has 1 aromatic carbocycles. The Hall–Kier alpha value is -2.23. The van der Waals surface area contributed by atoms with Crippen LogP contribution in [0.1, 0.15) is 6.42 Å². The van der Waals surface area contributed by atoms with Crippen molar-refractivity contribution in [2.45, 2.75) is 13.1 Å². The Morgan fingerprint density at radius 2 is 2.19 bits per heavy atom. The fourth-order valence-electron chi connectivity index (χ4n) is 2.10. The highest BCUT2D eigenvalue weighted by Gasteiger charge is 2.09. The Bertz CT molecular complexity index is 690. The summed E-state index contributed by atoms with van der Waals surface area (Å²) in [4.78, 5) is 14.4. The average Bonchev–Trinajstić information content (AvgIpc) is 2.52. The normalized spacial score (nSPS) is 10.9. The van der Waals surface area contributed by atoms with Crippen molar-refractivity contribution in [2.24, 2.45) is 0 Å². The summed E-state index contributed by atoms with van der Waals surface area (Å²) in [5.41, 5.74) is -0.118. The molecule has 0 amide bonds. The Morgan fingerprint density at radius 1 is 1.38 bits per heavy atom. The van der Waals surface area contributed by atoms with Crippen LogP contribution in [0.3, 0.4) is 0 Å². The van der Waals surface area contributed by atoms with Gasteiger partial charge in [-0.3, -0.25) is 9.69 Å². The predicted octanol–water partition coefficient (Wildman–Crippen LogP) is 1.22. The highest BCUT2D eigenvalue weighted by Crippen LogP contribution is 2.06. The molecule has 0 bridgehead atoms. The van der Waals surface area contributed by atoms with Crippen molar-refractivity contribution in [1.82, 2.24) is 14.7 Å². The van der Waals surface area contributed by atoms with Gasteiger partial charge in [-0.25, -0.2) is 4.68 Å². The van der Waals surface area contributed by atoms with E-state index < -0.39 is 0 Å². The number of benzene rings is 1. The first-order valence-electron chi connectivity index (χ1n) is 6.79. The molecule has 0 spiro atoms. The first-order chi connectivity index (χ1) is 10.3. The molecule has 0 aliphatic heterocycles. The zero-order chi connectivity index (χ0) is 15.1. The molecule has 0 saturated heterocycles. The lowest BCUT2D eigenvalue weighted by atomic mass is 10.2. The molecule has 0 saturated carbocycles. The third-order valence-corrected chi connectivity index (χ3v) is 3.25. The van der Waals surface area contributed by atoms with Crippen LogP contribution in [0.25, 0.3) is 10.8 Å². The van der Waals surface area contributed by atoms with E-state index in [1.54, 1.807) is 19.4 Å². The van der Waals surface area contributed by atoms with Crippen LogP contribution in [0, 0.1) is 11.3 Å². The maximum absolute atomic E-state index is 12.4. The average molecular weight is 286 g/mol. The summed E-state index contributed by atoms with van der Waals surface area (Å²) in [7, 11) is 1.63. The summed E-state index contributed by atoms with van der Waals surface area (Å²) in [6.07, 6.45) is 2.10. The second-order valence-electron chi connectivity index (χ2n) is 4.70. The van der Waals surface area contributed by atoms with Gasteiger partial charge in [0.2, 0.25) is 0 Å². The van der Waals surface area contributed by atoms with Gasteiger partial charge in [0.1, 0.15) is 0 Å². The third kappa shape index (κ3) is 3.88. The van der Waals surface area contributed by atoms with Gasteiger partial charge in [0.15, 0.2) is 0 Å². The van der Waals surface area contributed by atoms with Crippen molar-refractivity contribution in [3.05, 3.63) is 40.8 Å².